The van der Waals surface area contributed by atoms with E-state index in [0.717, 1.165) is 43.5 Å². The Labute approximate surface area is 114 Å². The predicted molar refractivity (Wildman–Crippen MR) is 73.4 cm³/mol. The minimum absolute atomic E-state index is 0.105. The minimum atomic E-state index is -0.105. The van der Waals surface area contributed by atoms with Crippen molar-refractivity contribution in [2.24, 2.45) is 5.92 Å². The molecular weight excluding hydrogens is 242 g/mol. The molecule has 0 aromatic heterocycles. The molecule has 1 aliphatic rings. The summed E-state index contributed by atoms with van der Waals surface area (Å²) in [7, 11) is 3.69. The Morgan fingerprint density at radius 2 is 2.21 bits per heavy atom. The van der Waals surface area contributed by atoms with Gasteiger partial charge in [0, 0.05) is 24.2 Å². The molecule has 0 saturated heterocycles. The smallest absolute Gasteiger partial charge is 0.150 e. The maximum absolute atomic E-state index is 10.8. The standard InChI is InChI=1S/C15H21NO3/c1-16(8-12-6-14(18)7-12)9-13-5-11(10-17)3-4-15(13)19-2/h3-5,10,12,14,18H,6-9H2,1-2H3. The molecule has 0 unspecified atom stereocenters. The number of ether oxygens (including phenoxy) is 1. The Balaban J connectivity index is 1.98. The van der Waals surface area contributed by atoms with Gasteiger partial charge in [-0.05, 0) is 44.0 Å². The Kier molecular flexibility index (Phi) is 4.56. The molecule has 1 aromatic rings. The van der Waals surface area contributed by atoms with E-state index in [1.807, 2.05) is 12.1 Å². The summed E-state index contributed by atoms with van der Waals surface area (Å²) in [6.07, 6.45) is 2.54. The average molecular weight is 263 g/mol. The topological polar surface area (TPSA) is 49.8 Å². The number of benzene rings is 1. The molecule has 0 spiro atoms. The Bertz CT molecular complexity index is 441. The summed E-state index contributed by atoms with van der Waals surface area (Å²) >= 11 is 0. The lowest BCUT2D eigenvalue weighted by molar-refractivity contribution is 0.0273. The lowest BCUT2D eigenvalue weighted by atomic mass is 9.82. The first-order valence-corrected chi connectivity index (χ1v) is 6.61. The van der Waals surface area contributed by atoms with E-state index < -0.39 is 0 Å². The lowest BCUT2D eigenvalue weighted by Gasteiger charge is -2.34. The summed E-state index contributed by atoms with van der Waals surface area (Å²) < 4.78 is 5.33. The molecule has 0 bridgehead atoms. The van der Waals surface area contributed by atoms with Crippen LogP contribution in [0.5, 0.6) is 5.75 Å². The van der Waals surface area contributed by atoms with Gasteiger partial charge in [-0.1, -0.05) is 0 Å². The van der Waals surface area contributed by atoms with Crippen molar-refractivity contribution < 1.29 is 14.6 Å². The summed E-state index contributed by atoms with van der Waals surface area (Å²) in [5.41, 5.74) is 1.69. The third-order valence-corrected chi connectivity index (χ3v) is 3.66. The molecular formula is C15H21NO3. The van der Waals surface area contributed by atoms with Gasteiger partial charge >= 0.3 is 0 Å². The number of carbonyl (C=O) groups excluding carboxylic acids is 1. The quantitative estimate of drug-likeness (QED) is 0.794. The minimum Gasteiger partial charge on any atom is -0.496 e. The Hall–Kier alpha value is -1.39. The molecule has 0 heterocycles. The van der Waals surface area contributed by atoms with Gasteiger partial charge in [0.1, 0.15) is 12.0 Å². The summed E-state index contributed by atoms with van der Waals surface area (Å²) in [5, 5.41) is 9.29. The number of methoxy groups -OCH3 is 1. The van der Waals surface area contributed by atoms with E-state index in [0.29, 0.717) is 11.5 Å². The van der Waals surface area contributed by atoms with Crippen molar-refractivity contribution in [1.82, 2.24) is 4.90 Å². The average Bonchev–Trinajstić information content (AvgIpc) is 2.36. The molecule has 1 N–H and O–H groups in total. The number of aliphatic hydroxyl groups excluding tert-OH is 1. The van der Waals surface area contributed by atoms with Gasteiger partial charge in [0.2, 0.25) is 0 Å². The SMILES string of the molecule is COc1ccc(C=O)cc1CN(C)CC1CC(O)C1. The third kappa shape index (κ3) is 3.55. The second-order valence-electron chi connectivity index (χ2n) is 5.38. The monoisotopic (exact) mass is 263 g/mol. The fourth-order valence-electron chi connectivity index (χ4n) is 2.64. The number of aliphatic hydroxyl groups is 1. The maximum atomic E-state index is 10.8. The zero-order valence-electron chi connectivity index (χ0n) is 11.5. The summed E-state index contributed by atoms with van der Waals surface area (Å²) in [6, 6.07) is 5.47. The molecule has 4 heteroatoms. The van der Waals surface area contributed by atoms with Gasteiger partial charge < -0.3 is 14.7 Å². The molecule has 0 atom stereocenters. The second kappa shape index (κ2) is 6.17. The second-order valence-corrected chi connectivity index (χ2v) is 5.38. The van der Waals surface area contributed by atoms with E-state index in [-0.39, 0.29) is 6.10 Å². The van der Waals surface area contributed by atoms with Crippen LogP contribution in [0.15, 0.2) is 18.2 Å². The Morgan fingerprint density at radius 3 is 2.79 bits per heavy atom. The van der Waals surface area contributed by atoms with E-state index in [4.69, 9.17) is 4.74 Å². The molecule has 1 fully saturated rings. The van der Waals surface area contributed by atoms with Crippen molar-refractivity contribution in [2.45, 2.75) is 25.5 Å². The normalized spacial score (nSPS) is 22.1. The van der Waals surface area contributed by atoms with Crippen molar-refractivity contribution in [1.29, 1.82) is 0 Å². The highest BCUT2D eigenvalue weighted by Gasteiger charge is 2.27. The van der Waals surface area contributed by atoms with Crippen LogP contribution in [0.3, 0.4) is 0 Å². The zero-order valence-corrected chi connectivity index (χ0v) is 11.5. The van der Waals surface area contributed by atoms with Gasteiger partial charge in [-0.3, -0.25) is 4.79 Å². The van der Waals surface area contributed by atoms with E-state index in [2.05, 4.69) is 11.9 Å². The molecule has 0 aliphatic heterocycles. The summed E-state index contributed by atoms with van der Waals surface area (Å²) in [6.45, 7) is 1.71. The van der Waals surface area contributed by atoms with E-state index >= 15 is 0 Å². The molecule has 2 rings (SSSR count). The lowest BCUT2D eigenvalue weighted by Crippen LogP contribution is -2.36. The summed E-state index contributed by atoms with van der Waals surface area (Å²) in [4.78, 5) is 13.0. The van der Waals surface area contributed by atoms with Gasteiger partial charge in [-0.25, -0.2) is 0 Å². The van der Waals surface area contributed by atoms with Gasteiger partial charge in [-0.2, -0.15) is 0 Å². The van der Waals surface area contributed by atoms with E-state index in [1.165, 1.54) is 0 Å². The van der Waals surface area contributed by atoms with Gasteiger partial charge in [0.15, 0.2) is 0 Å². The van der Waals surface area contributed by atoms with Crippen LogP contribution in [0.2, 0.25) is 0 Å². The molecule has 1 aliphatic carbocycles. The largest absolute Gasteiger partial charge is 0.496 e. The van der Waals surface area contributed by atoms with Crippen LogP contribution >= 0.6 is 0 Å². The highest BCUT2D eigenvalue weighted by molar-refractivity contribution is 5.75. The zero-order chi connectivity index (χ0) is 13.8. The van der Waals surface area contributed by atoms with Crippen LogP contribution < -0.4 is 4.74 Å². The first-order valence-electron chi connectivity index (χ1n) is 6.61. The number of hydrogen-bond acceptors (Lipinski definition) is 4. The van der Waals surface area contributed by atoms with Crippen molar-refractivity contribution in [2.75, 3.05) is 20.7 Å². The van der Waals surface area contributed by atoms with Crippen LogP contribution in [-0.4, -0.2) is 43.1 Å². The van der Waals surface area contributed by atoms with E-state index in [1.54, 1.807) is 13.2 Å². The molecule has 1 saturated carbocycles. The first kappa shape index (κ1) is 14.0. The molecule has 4 nitrogen and oxygen atoms in total. The maximum Gasteiger partial charge on any atom is 0.150 e. The predicted octanol–water partition coefficient (Wildman–Crippen LogP) is 1.71. The molecule has 19 heavy (non-hydrogen) atoms. The van der Waals surface area contributed by atoms with Crippen LogP contribution in [0, 0.1) is 5.92 Å². The molecule has 1 aromatic carbocycles. The van der Waals surface area contributed by atoms with Gasteiger partial charge in [-0.15, -0.1) is 0 Å². The van der Waals surface area contributed by atoms with Crippen LogP contribution in [-0.2, 0) is 6.54 Å². The Morgan fingerprint density at radius 1 is 1.47 bits per heavy atom. The number of aldehydes is 1. The highest BCUT2D eigenvalue weighted by Crippen LogP contribution is 2.28. The van der Waals surface area contributed by atoms with Crippen LogP contribution in [0.1, 0.15) is 28.8 Å². The number of rotatable bonds is 6. The number of nitrogens with zero attached hydrogens (tertiary/aromatic N) is 1. The van der Waals surface area contributed by atoms with Crippen molar-refractivity contribution in [3.8, 4) is 5.75 Å². The van der Waals surface area contributed by atoms with Crippen molar-refractivity contribution in [3.05, 3.63) is 29.3 Å². The molecule has 0 amide bonds. The van der Waals surface area contributed by atoms with Crippen molar-refractivity contribution >= 4 is 6.29 Å². The van der Waals surface area contributed by atoms with Crippen molar-refractivity contribution in [3.63, 3.8) is 0 Å². The fraction of sp³-hybridized carbons (Fsp3) is 0.533. The van der Waals surface area contributed by atoms with Gasteiger partial charge in [0.05, 0.1) is 13.2 Å². The first-order chi connectivity index (χ1) is 9.12. The highest BCUT2D eigenvalue weighted by atomic mass is 16.5. The third-order valence-electron chi connectivity index (χ3n) is 3.66. The van der Waals surface area contributed by atoms with Crippen LogP contribution in [0.25, 0.3) is 0 Å². The number of hydrogen-bond donors (Lipinski definition) is 1. The number of carbonyl (C=O) groups is 1. The summed E-state index contributed by atoms with van der Waals surface area (Å²) in [5.74, 6) is 1.39. The van der Waals surface area contributed by atoms with Gasteiger partial charge in [0.25, 0.3) is 0 Å². The molecule has 0 radical (unpaired) electrons. The molecule has 104 valence electrons. The fourth-order valence-corrected chi connectivity index (χ4v) is 2.64. The van der Waals surface area contributed by atoms with Crippen LogP contribution in [0.4, 0.5) is 0 Å². The van der Waals surface area contributed by atoms with E-state index in [9.17, 15) is 9.90 Å².